The predicted octanol–water partition coefficient (Wildman–Crippen LogP) is 5.51. The number of aliphatic hydroxyl groups is 1. The molecule has 0 saturated heterocycles. The van der Waals surface area contributed by atoms with Gasteiger partial charge in [0.05, 0.1) is 6.10 Å². The molecule has 0 heterocycles. The van der Waals surface area contributed by atoms with Gasteiger partial charge in [0, 0.05) is 6.42 Å². The quantitative estimate of drug-likeness (QED) is 0.680. The Balaban J connectivity index is 1.51. The predicted molar refractivity (Wildman–Crippen MR) is 107 cm³/mol. The third kappa shape index (κ3) is 3.16. The topological polar surface area (TPSA) is 57.5 Å². The number of fused-ring (bicyclic) bond motifs is 5. The lowest BCUT2D eigenvalue weighted by Crippen LogP contribution is -2.54. The van der Waals surface area contributed by atoms with Crippen LogP contribution in [-0.4, -0.2) is 22.3 Å². The van der Waals surface area contributed by atoms with E-state index in [9.17, 15) is 9.90 Å². The van der Waals surface area contributed by atoms with Crippen LogP contribution in [0.2, 0.25) is 0 Å². The summed E-state index contributed by atoms with van der Waals surface area (Å²) in [5.41, 5.74) is 0.882. The van der Waals surface area contributed by atoms with Gasteiger partial charge in [0.25, 0.3) is 0 Å². The van der Waals surface area contributed by atoms with Gasteiger partial charge in [-0.25, -0.2) is 0 Å². The van der Waals surface area contributed by atoms with E-state index in [4.69, 9.17) is 5.11 Å². The first-order valence-electron chi connectivity index (χ1n) is 11.7. The molecular weight excluding hydrogens is 336 g/mol. The van der Waals surface area contributed by atoms with E-state index in [0.717, 1.165) is 42.9 Å². The van der Waals surface area contributed by atoms with Crippen molar-refractivity contribution in [3.05, 3.63) is 0 Å². The fourth-order valence-electron chi connectivity index (χ4n) is 8.76. The molecule has 4 saturated carbocycles. The van der Waals surface area contributed by atoms with Crippen molar-refractivity contribution >= 4 is 5.97 Å². The summed E-state index contributed by atoms with van der Waals surface area (Å²) >= 11 is 0. The highest BCUT2D eigenvalue weighted by atomic mass is 16.4. The Labute approximate surface area is 165 Å². The van der Waals surface area contributed by atoms with Gasteiger partial charge in [-0.2, -0.15) is 0 Å². The summed E-state index contributed by atoms with van der Waals surface area (Å²) in [6.07, 6.45) is 12.4. The van der Waals surface area contributed by atoms with Gasteiger partial charge >= 0.3 is 5.97 Å². The van der Waals surface area contributed by atoms with Crippen LogP contribution in [0.1, 0.15) is 91.4 Å². The zero-order chi connectivity index (χ0) is 19.4. The second-order valence-corrected chi connectivity index (χ2v) is 11.2. The van der Waals surface area contributed by atoms with Gasteiger partial charge < -0.3 is 10.2 Å². The van der Waals surface area contributed by atoms with Gasteiger partial charge in [0.2, 0.25) is 0 Å². The van der Waals surface area contributed by atoms with Crippen molar-refractivity contribution < 1.29 is 15.0 Å². The monoisotopic (exact) mass is 376 g/mol. The second-order valence-electron chi connectivity index (χ2n) is 11.2. The lowest BCUT2D eigenvalue weighted by atomic mass is 9.44. The Morgan fingerprint density at radius 3 is 2.44 bits per heavy atom. The van der Waals surface area contributed by atoms with Gasteiger partial charge in [-0.15, -0.1) is 0 Å². The van der Waals surface area contributed by atoms with Gasteiger partial charge in [-0.1, -0.05) is 20.8 Å². The normalized spacial score (nSPS) is 50.4. The summed E-state index contributed by atoms with van der Waals surface area (Å²) in [6.45, 7) is 7.43. The number of aliphatic carboxylic acids is 1. The highest BCUT2D eigenvalue weighted by Gasteiger charge is 2.60. The maximum Gasteiger partial charge on any atom is 0.303 e. The first-order valence-corrected chi connectivity index (χ1v) is 11.7. The maximum absolute atomic E-state index is 11.0. The molecular formula is C24H40O3. The molecule has 0 radical (unpaired) electrons. The molecule has 0 aromatic carbocycles. The van der Waals surface area contributed by atoms with Crippen LogP contribution >= 0.6 is 0 Å². The van der Waals surface area contributed by atoms with E-state index in [0.29, 0.717) is 29.1 Å². The van der Waals surface area contributed by atoms with E-state index in [2.05, 4.69) is 20.8 Å². The molecule has 4 aliphatic carbocycles. The molecule has 0 aromatic rings. The number of carboxylic acids is 1. The van der Waals surface area contributed by atoms with E-state index in [-0.39, 0.29) is 6.10 Å². The number of rotatable bonds is 4. The first-order chi connectivity index (χ1) is 12.8. The number of carbonyl (C=O) groups is 1. The minimum absolute atomic E-state index is 0.0561. The molecule has 9 atom stereocenters. The Bertz CT molecular complexity index is 574. The van der Waals surface area contributed by atoms with Crippen molar-refractivity contribution in [3.63, 3.8) is 0 Å². The van der Waals surface area contributed by atoms with E-state index in [1.54, 1.807) is 0 Å². The van der Waals surface area contributed by atoms with Gasteiger partial charge in [-0.05, 0) is 111 Å². The summed E-state index contributed by atoms with van der Waals surface area (Å²) in [7, 11) is 0. The molecule has 0 bridgehead atoms. The Kier molecular flexibility index (Phi) is 5.15. The third-order valence-electron chi connectivity index (χ3n) is 10.2. The van der Waals surface area contributed by atoms with E-state index in [1.807, 2.05) is 0 Å². The highest BCUT2D eigenvalue weighted by molar-refractivity contribution is 5.66. The van der Waals surface area contributed by atoms with Crippen LogP contribution in [0.5, 0.6) is 0 Å². The third-order valence-corrected chi connectivity index (χ3v) is 10.2. The molecule has 0 spiro atoms. The number of carboxylic acid groups (broad SMARTS) is 1. The van der Waals surface area contributed by atoms with Crippen molar-refractivity contribution in [3.8, 4) is 0 Å². The van der Waals surface area contributed by atoms with E-state index >= 15 is 0 Å². The number of hydrogen-bond donors (Lipinski definition) is 2. The van der Waals surface area contributed by atoms with Crippen molar-refractivity contribution in [1.82, 2.24) is 0 Å². The van der Waals surface area contributed by atoms with E-state index < -0.39 is 5.97 Å². The average molecular weight is 377 g/mol. The SMILES string of the molecule is C[C@H](CCC(=O)O)[C@H]1CCC2[C@H]3CC[C@H]4C[C@H](O)CC[C@]4(C)[C@@H]3CC[C@@]21C. The maximum atomic E-state index is 11.0. The van der Waals surface area contributed by atoms with E-state index in [1.165, 1.54) is 44.9 Å². The van der Waals surface area contributed by atoms with Crippen molar-refractivity contribution in [2.75, 3.05) is 0 Å². The molecule has 0 aliphatic heterocycles. The molecule has 4 fully saturated rings. The molecule has 3 nitrogen and oxygen atoms in total. The fourth-order valence-corrected chi connectivity index (χ4v) is 8.76. The second kappa shape index (κ2) is 7.04. The summed E-state index contributed by atoms with van der Waals surface area (Å²) in [4.78, 5) is 11.0. The van der Waals surface area contributed by atoms with Crippen LogP contribution in [0.15, 0.2) is 0 Å². The molecule has 0 aromatic heterocycles. The smallest absolute Gasteiger partial charge is 0.303 e. The minimum Gasteiger partial charge on any atom is -0.481 e. The van der Waals surface area contributed by atoms with Crippen LogP contribution in [0.4, 0.5) is 0 Å². The number of hydrogen-bond acceptors (Lipinski definition) is 2. The lowest BCUT2D eigenvalue weighted by Gasteiger charge is -2.61. The fraction of sp³-hybridized carbons (Fsp3) is 0.958. The molecule has 2 N–H and O–H groups in total. The Morgan fingerprint density at radius 1 is 1.00 bits per heavy atom. The zero-order valence-corrected chi connectivity index (χ0v) is 17.6. The van der Waals surface area contributed by atoms with Crippen LogP contribution in [0.25, 0.3) is 0 Å². The van der Waals surface area contributed by atoms with Crippen LogP contribution in [0.3, 0.4) is 0 Å². The Morgan fingerprint density at radius 2 is 1.70 bits per heavy atom. The molecule has 1 unspecified atom stereocenters. The molecule has 4 rings (SSSR count). The van der Waals surface area contributed by atoms with Crippen LogP contribution < -0.4 is 0 Å². The van der Waals surface area contributed by atoms with Crippen LogP contribution in [0, 0.1) is 46.3 Å². The van der Waals surface area contributed by atoms with Gasteiger partial charge in [0.15, 0.2) is 0 Å². The lowest BCUT2D eigenvalue weighted by molar-refractivity contribution is -0.138. The van der Waals surface area contributed by atoms with Crippen molar-refractivity contribution in [1.29, 1.82) is 0 Å². The summed E-state index contributed by atoms with van der Waals surface area (Å²) < 4.78 is 0. The molecule has 0 amide bonds. The van der Waals surface area contributed by atoms with Gasteiger partial charge in [0.1, 0.15) is 0 Å². The summed E-state index contributed by atoms with van der Waals surface area (Å²) in [5, 5.41) is 19.3. The zero-order valence-electron chi connectivity index (χ0n) is 17.6. The Hall–Kier alpha value is -0.570. The molecule has 27 heavy (non-hydrogen) atoms. The number of aliphatic hydroxyl groups excluding tert-OH is 1. The van der Waals surface area contributed by atoms with Crippen LogP contribution in [-0.2, 0) is 4.79 Å². The minimum atomic E-state index is -0.643. The van der Waals surface area contributed by atoms with Crippen molar-refractivity contribution in [2.45, 2.75) is 97.5 Å². The largest absolute Gasteiger partial charge is 0.481 e. The first kappa shape index (κ1) is 19.7. The van der Waals surface area contributed by atoms with Gasteiger partial charge in [-0.3, -0.25) is 4.79 Å². The average Bonchev–Trinajstić information content (AvgIpc) is 2.97. The van der Waals surface area contributed by atoms with Crippen molar-refractivity contribution in [2.24, 2.45) is 46.3 Å². The molecule has 154 valence electrons. The summed E-state index contributed by atoms with van der Waals surface area (Å²) in [5.74, 6) is 3.91. The molecule has 3 heteroatoms. The summed E-state index contributed by atoms with van der Waals surface area (Å²) in [6, 6.07) is 0. The molecule has 4 aliphatic rings. The highest BCUT2D eigenvalue weighted by Crippen LogP contribution is 2.68. The standard InChI is InChI=1S/C24H40O3/c1-15(4-9-22(26)27)19-7-8-20-18-6-5-16-14-17(25)10-12-23(16,2)21(18)11-13-24(19,20)3/h15-21,25H,4-14H2,1-3H3,(H,26,27)/t15-,16+,17-,18-,19-,20?,21-,23+,24-/m1/s1.